The summed E-state index contributed by atoms with van der Waals surface area (Å²) in [6.45, 7) is 0. The zero-order chi connectivity index (χ0) is 15.5. The summed E-state index contributed by atoms with van der Waals surface area (Å²) in [4.78, 5) is 14.1. The van der Waals surface area contributed by atoms with Gasteiger partial charge in [0.15, 0.2) is 0 Å². The summed E-state index contributed by atoms with van der Waals surface area (Å²) in [5, 5.41) is 5.80. The quantitative estimate of drug-likeness (QED) is 0.745. The maximum Gasteiger partial charge on any atom is 0.417 e. The summed E-state index contributed by atoms with van der Waals surface area (Å²) in [5.74, 6) is 0.273. The van der Waals surface area contributed by atoms with Crippen LogP contribution in [0.1, 0.15) is 31.2 Å². The van der Waals surface area contributed by atoms with Crippen molar-refractivity contribution < 1.29 is 18.0 Å². The number of aromatic nitrogens is 1. The van der Waals surface area contributed by atoms with E-state index in [0.29, 0.717) is 6.41 Å². The number of carbonyl (C=O) groups excluding carboxylic acids is 1. The van der Waals surface area contributed by atoms with E-state index in [1.165, 1.54) is 0 Å². The van der Waals surface area contributed by atoms with Crippen LogP contribution in [0.3, 0.4) is 0 Å². The Labute approximate surface area is 120 Å². The van der Waals surface area contributed by atoms with Crippen molar-refractivity contribution in [1.29, 1.82) is 0 Å². The largest absolute Gasteiger partial charge is 0.417 e. The van der Waals surface area contributed by atoms with Crippen LogP contribution in [-0.2, 0) is 11.0 Å². The van der Waals surface area contributed by atoms with Gasteiger partial charge in [0.05, 0.1) is 11.3 Å². The fourth-order valence-corrected chi connectivity index (χ4v) is 2.45. The smallest absolute Gasteiger partial charge is 0.396 e. The van der Waals surface area contributed by atoms with Gasteiger partial charge in [-0.05, 0) is 31.7 Å². The normalized spacial score (nSPS) is 22.6. The van der Waals surface area contributed by atoms with E-state index in [0.717, 1.165) is 37.9 Å². The first-order chi connectivity index (χ1) is 9.90. The van der Waals surface area contributed by atoms with Gasteiger partial charge < -0.3 is 16.4 Å². The number of pyridine rings is 1. The van der Waals surface area contributed by atoms with E-state index in [9.17, 15) is 18.0 Å². The van der Waals surface area contributed by atoms with Gasteiger partial charge in [0.1, 0.15) is 5.82 Å². The minimum absolute atomic E-state index is 0.0158. The van der Waals surface area contributed by atoms with Crippen molar-refractivity contribution in [3.63, 3.8) is 0 Å². The van der Waals surface area contributed by atoms with Crippen LogP contribution in [0, 0.1) is 0 Å². The number of rotatable bonds is 4. The molecule has 0 atom stereocenters. The zero-order valence-electron chi connectivity index (χ0n) is 11.3. The van der Waals surface area contributed by atoms with Crippen molar-refractivity contribution in [2.24, 2.45) is 0 Å². The van der Waals surface area contributed by atoms with Crippen molar-refractivity contribution in [3.8, 4) is 0 Å². The van der Waals surface area contributed by atoms with E-state index >= 15 is 0 Å². The fourth-order valence-electron chi connectivity index (χ4n) is 2.45. The highest BCUT2D eigenvalue weighted by molar-refractivity contribution is 5.62. The van der Waals surface area contributed by atoms with Crippen molar-refractivity contribution in [3.05, 3.63) is 17.8 Å². The minimum Gasteiger partial charge on any atom is -0.396 e. The maximum atomic E-state index is 12.5. The number of amides is 1. The van der Waals surface area contributed by atoms with Gasteiger partial charge in [-0.3, -0.25) is 4.79 Å². The van der Waals surface area contributed by atoms with E-state index in [2.05, 4.69) is 15.6 Å². The Morgan fingerprint density at radius 3 is 2.38 bits per heavy atom. The monoisotopic (exact) mass is 302 g/mol. The predicted molar refractivity (Wildman–Crippen MR) is 72.5 cm³/mol. The highest BCUT2D eigenvalue weighted by Gasteiger charge is 2.31. The average molecular weight is 302 g/mol. The first kappa shape index (κ1) is 15.4. The highest BCUT2D eigenvalue weighted by Crippen LogP contribution is 2.32. The molecule has 0 unspecified atom stereocenters. The summed E-state index contributed by atoms with van der Waals surface area (Å²) in [6, 6.07) is 1.15. The third-order valence-electron chi connectivity index (χ3n) is 3.62. The molecule has 116 valence electrons. The van der Waals surface area contributed by atoms with Gasteiger partial charge in [0.2, 0.25) is 6.41 Å². The highest BCUT2D eigenvalue weighted by atomic mass is 19.4. The molecular formula is C13H17F3N4O. The topological polar surface area (TPSA) is 80.0 Å². The fraction of sp³-hybridized carbons (Fsp3) is 0.538. The van der Waals surface area contributed by atoms with Gasteiger partial charge in [0.25, 0.3) is 0 Å². The number of anilines is 2. The number of nitrogens with one attached hydrogen (secondary N) is 2. The average Bonchev–Trinajstić information content (AvgIpc) is 2.42. The van der Waals surface area contributed by atoms with Crippen molar-refractivity contribution in [1.82, 2.24) is 10.3 Å². The Balaban J connectivity index is 1.96. The van der Waals surface area contributed by atoms with Crippen molar-refractivity contribution >= 4 is 17.9 Å². The third-order valence-corrected chi connectivity index (χ3v) is 3.62. The lowest BCUT2D eigenvalue weighted by Crippen LogP contribution is -2.36. The first-order valence-electron chi connectivity index (χ1n) is 6.69. The zero-order valence-corrected chi connectivity index (χ0v) is 11.3. The molecule has 0 bridgehead atoms. The Morgan fingerprint density at radius 2 is 1.86 bits per heavy atom. The molecule has 5 nitrogen and oxygen atoms in total. The summed E-state index contributed by atoms with van der Waals surface area (Å²) in [7, 11) is 0. The van der Waals surface area contributed by atoms with Gasteiger partial charge in [-0.25, -0.2) is 4.98 Å². The van der Waals surface area contributed by atoms with Crippen molar-refractivity contribution in [2.45, 2.75) is 43.9 Å². The molecule has 0 aromatic carbocycles. The molecule has 0 aliphatic heterocycles. The lowest BCUT2D eigenvalue weighted by Gasteiger charge is -2.29. The number of carbonyl (C=O) groups is 1. The molecule has 8 heteroatoms. The van der Waals surface area contributed by atoms with Crippen LogP contribution >= 0.6 is 0 Å². The lowest BCUT2D eigenvalue weighted by molar-refractivity contribution is -0.137. The summed E-state index contributed by atoms with van der Waals surface area (Å²) >= 11 is 0. The molecule has 0 saturated heterocycles. The number of nitrogens with two attached hydrogens (primary N) is 1. The first-order valence-corrected chi connectivity index (χ1v) is 6.69. The molecule has 0 radical (unpaired) electrons. The molecule has 1 amide bonds. The second-order valence-corrected chi connectivity index (χ2v) is 5.14. The molecule has 2 rings (SSSR count). The van der Waals surface area contributed by atoms with E-state index in [1.807, 2.05) is 0 Å². The van der Waals surface area contributed by atoms with Crippen LogP contribution in [0.15, 0.2) is 12.3 Å². The molecule has 1 saturated carbocycles. The summed E-state index contributed by atoms with van der Waals surface area (Å²) in [5.41, 5.74) is 4.75. The minimum atomic E-state index is -4.45. The Bertz CT molecular complexity index is 499. The number of alkyl halides is 3. The number of hydrogen-bond donors (Lipinski definition) is 3. The van der Waals surface area contributed by atoms with E-state index in [4.69, 9.17) is 5.73 Å². The van der Waals surface area contributed by atoms with Gasteiger partial charge in [0, 0.05) is 18.3 Å². The van der Waals surface area contributed by atoms with E-state index in [1.54, 1.807) is 0 Å². The summed E-state index contributed by atoms with van der Waals surface area (Å²) in [6.07, 6.45) is 0.250. The SMILES string of the molecule is Nc1cc(C(F)(F)F)cnc1NC1CCC(NC=O)CC1. The molecule has 21 heavy (non-hydrogen) atoms. The second-order valence-electron chi connectivity index (χ2n) is 5.14. The van der Waals surface area contributed by atoms with Crippen LogP contribution in [-0.4, -0.2) is 23.5 Å². The molecule has 1 aliphatic rings. The Kier molecular flexibility index (Phi) is 4.54. The van der Waals surface area contributed by atoms with Gasteiger partial charge >= 0.3 is 6.18 Å². The van der Waals surface area contributed by atoms with Crippen LogP contribution < -0.4 is 16.4 Å². The van der Waals surface area contributed by atoms with E-state index < -0.39 is 11.7 Å². The number of nitrogens with zero attached hydrogens (tertiary/aromatic N) is 1. The molecule has 0 spiro atoms. The number of hydrogen-bond acceptors (Lipinski definition) is 4. The number of nitrogen functional groups attached to an aromatic ring is 1. The standard InChI is InChI=1S/C13H17F3N4O/c14-13(15,16)8-5-11(17)12(18-6-8)20-10-3-1-9(2-4-10)19-7-21/h5-7,9-10H,1-4,17H2,(H,18,20)(H,19,21). The van der Waals surface area contributed by atoms with Gasteiger partial charge in [-0.15, -0.1) is 0 Å². The molecule has 1 aliphatic carbocycles. The van der Waals surface area contributed by atoms with Crippen LogP contribution in [0.4, 0.5) is 24.7 Å². The second kappa shape index (κ2) is 6.19. The lowest BCUT2D eigenvalue weighted by atomic mass is 9.91. The molecule has 4 N–H and O–H groups in total. The van der Waals surface area contributed by atoms with Crippen LogP contribution in [0.5, 0.6) is 0 Å². The predicted octanol–water partition coefficient (Wildman–Crippen LogP) is 2.15. The van der Waals surface area contributed by atoms with E-state index in [-0.39, 0.29) is 23.6 Å². The van der Waals surface area contributed by atoms with Crippen LogP contribution in [0.25, 0.3) is 0 Å². The molecule has 1 heterocycles. The maximum absolute atomic E-state index is 12.5. The molecule has 1 fully saturated rings. The van der Waals surface area contributed by atoms with Gasteiger partial charge in [-0.1, -0.05) is 0 Å². The Morgan fingerprint density at radius 1 is 1.24 bits per heavy atom. The molecule has 1 aromatic heterocycles. The third kappa shape index (κ3) is 3.99. The van der Waals surface area contributed by atoms with Gasteiger partial charge in [-0.2, -0.15) is 13.2 Å². The van der Waals surface area contributed by atoms with Crippen molar-refractivity contribution in [2.75, 3.05) is 11.1 Å². The summed E-state index contributed by atoms with van der Waals surface area (Å²) < 4.78 is 37.6. The Hall–Kier alpha value is -1.99. The molecule has 1 aromatic rings. The van der Waals surface area contributed by atoms with Crippen LogP contribution in [0.2, 0.25) is 0 Å². The number of halogens is 3. The molecular weight excluding hydrogens is 285 g/mol.